The molecule has 23 heavy (non-hydrogen) atoms. The van der Waals surface area contributed by atoms with Crippen LogP contribution in [0.4, 0.5) is 26.3 Å². The van der Waals surface area contributed by atoms with Gasteiger partial charge in [0.1, 0.15) is 34.9 Å². The van der Waals surface area contributed by atoms with Crippen LogP contribution in [0.25, 0.3) is 0 Å². The lowest BCUT2D eigenvalue weighted by molar-refractivity contribution is 0.0885. The molecule has 0 amide bonds. The first-order valence-corrected chi connectivity index (χ1v) is 6.06. The highest BCUT2D eigenvalue weighted by Crippen LogP contribution is 2.20. The molecular formula is C15H6F6O2. The summed E-state index contributed by atoms with van der Waals surface area (Å²) in [6, 6.07) is 0.888. The lowest BCUT2D eigenvalue weighted by atomic mass is 10.00. The molecule has 0 N–H and O–H groups in total. The van der Waals surface area contributed by atoms with E-state index in [9.17, 15) is 35.9 Å². The summed E-state index contributed by atoms with van der Waals surface area (Å²) in [5.41, 5.74) is -2.41. The molecule has 0 saturated carbocycles. The molecule has 0 aliphatic rings. The predicted octanol–water partition coefficient (Wildman–Crippen LogP) is 3.98. The van der Waals surface area contributed by atoms with Gasteiger partial charge in [0, 0.05) is 24.3 Å². The number of Topliss-reactive ketones (excluding diaryl/α,β-unsaturated/α-hetero) is 2. The van der Waals surface area contributed by atoms with Gasteiger partial charge in [-0.05, 0) is 0 Å². The minimum Gasteiger partial charge on any atom is -0.293 e. The number of ketones is 2. The van der Waals surface area contributed by atoms with Gasteiger partial charge in [0.15, 0.2) is 11.6 Å². The summed E-state index contributed by atoms with van der Waals surface area (Å²) in [6.07, 6.45) is -1.28. The molecular weight excluding hydrogens is 326 g/mol. The van der Waals surface area contributed by atoms with Gasteiger partial charge >= 0.3 is 0 Å². The van der Waals surface area contributed by atoms with E-state index in [2.05, 4.69) is 0 Å². The van der Waals surface area contributed by atoms with Gasteiger partial charge in [-0.15, -0.1) is 0 Å². The summed E-state index contributed by atoms with van der Waals surface area (Å²) in [7, 11) is 0. The van der Waals surface area contributed by atoms with Crippen molar-refractivity contribution in [3.8, 4) is 0 Å². The minimum absolute atomic E-state index is 0.222. The number of carbonyl (C=O) groups excluding carboxylic acids is 2. The van der Waals surface area contributed by atoms with Crippen LogP contribution < -0.4 is 0 Å². The summed E-state index contributed by atoms with van der Waals surface area (Å²) >= 11 is 0. The van der Waals surface area contributed by atoms with Gasteiger partial charge < -0.3 is 0 Å². The molecule has 0 atom stereocenters. The lowest BCUT2D eigenvalue weighted by Crippen LogP contribution is -2.15. The van der Waals surface area contributed by atoms with E-state index >= 15 is 0 Å². The van der Waals surface area contributed by atoms with Gasteiger partial charge in [-0.3, -0.25) is 9.59 Å². The molecule has 2 rings (SSSR count). The lowest BCUT2D eigenvalue weighted by Gasteiger charge is -2.06. The monoisotopic (exact) mass is 332 g/mol. The van der Waals surface area contributed by atoms with E-state index in [0.717, 1.165) is 0 Å². The molecule has 0 aliphatic heterocycles. The van der Waals surface area contributed by atoms with Crippen LogP contribution in [-0.2, 0) is 0 Å². The fraction of sp³-hybridized carbons (Fsp3) is 0.0667. The summed E-state index contributed by atoms with van der Waals surface area (Å²) in [6.45, 7) is 0. The highest BCUT2D eigenvalue weighted by molar-refractivity contribution is 6.13. The number of rotatable bonds is 4. The van der Waals surface area contributed by atoms with E-state index in [4.69, 9.17) is 0 Å². The Morgan fingerprint density at radius 1 is 0.609 bits per heavy atom. The fourth-order valence-electron chi connectivity index (χ4n) is 1.94. The van der Waals surface area contributed by atoms with Crippen LogP contribution in [0.3, 0.4) is 0 Å². The molecule has 0 bridgehead atoms. The van der Waals surface area contributed by atoms with E-state index in [1.54, 1.807) is 0 Å². The third kappa shape index (κ3) is 3.41. The first-order chi connectivity index (χ1) is 10.7. The third-order valence-corrected chi connectivity index (χ3v) is 2.89. The van der Waals surface area contributed by atoms with Crippen molar-refractivity contribution in [1.82, 2.24) is 0 Å². The topological polar surface area (TPSA) is 34.1 Å². The molecule has 2 aromatic carbocycles. The Morgan fingerprint density at radius 2 is 0.870 bits per heavy atom. The Hall–Kier alpha value is -2.64. The maximum Gasteiger partial charge on any atom is 0.176 e. The van der Waals surface area contributed by atoms with Crippen molar-refractivity contribution >= 4 is 11.6 Å². The minimum atomic E-state index is -1.56. The van der Waals surface area contributed by atoms with Crippen molar-refractivity contribution < 1.29 is 35.9 Å². The van der Waals surface area contributed by atoms with Crippen molar-refractivity contribution in [2.75, 3.05) is 0 Å². The first kappa shape index (κ1) is 16.7. The van der Waals surface area contributed by atoms with Gasteiger partial charge in [-0.1, -0.05) is 0 Å². The molecule has 2 aromatic rings. The summed E-state index contributed by atoms with van der Waals surface area (Å²) < 4.78 is 79.2. The van der Waals surface area contributed by atoms with Gasteiger partial charge in [0.2, 0.25) is 0 Å². The van der Waals surface area contributed by atoms with Crippen molar-refractivity contribution in [1.29, 1.82) is 0 Å². The van der Waals surface area contributed by atoms with Crippen LogP contribution in [0.5, 0.6) is 0 Å². The Bertz CT molecular complexity index is 702. The highest BCUT2D eigenvalue weighted by atomic mass is 19.2. The number of carbonyl (C=O) groups is 2. The summed E-state index contributed by atoms with van der Waals surface area (Å²) in [5.74, 6) is -11.7. The zero-order chi connectivity index (χ0) is 17.3. The smallest absolute Gasteiger partial charge is 0.176 e. The van der Waals surface area contributed by atoms with Crippen LogP contribution >= 0.6 is 0 Å². The van der Waals surface area contributed by atoms with Crippen LogP contribution in [0, 0.1) is 34.9 Å². The first-order valence-electron chi connectivity index (χ1n) is 6.06. The maximum absolute atomic E-state index is 13.4. The number of hydrogen-bond donors (Lipinski definition) is 0. The standard InChI is InChI=1S/C15H6F6O2/c16-6-1-8(18)14(9(19)2-6)12(22)5-13(23)15-10(20)3-7(17)4-11(15)21/h1-4H,5H2. The number of hydrogen-bond acceptors (Lipinski definition) is 2. The van der Waals surface area contributed by atoms with E-state index in [-0.39, 0.29) is 24.3 Å². The fourth-order valence-corrected chi connectivity index (χ4v) is 1.94. The molecule has 0 radical (unpaired) electrons. The Morgan fingerprint density at radius 3 is 1.13 bits per heavy atom. The SMILES string of the molecule is O=C(CC(=O)c1c(F)cc(F)cc1F)c1c(F)cc(F)cc1F. The molecule has 0 fully saturated rings. The molecule has 2 nitrogen and oxygen atoms in total. The van der Waals surface area contributed by atoms with Gasteiger partial charge in [0.25, 0.3) is 0 Å². The summed E-state index contributed by atoms with van der Waals surface area (Å²) in [5, 5.41) is 0. The zero-order valence-electron chi connectivity index (χ0n) is 11.1. The van der Waals surface area contributed by atoms with Crippen LogP contribution in [0.2, 0.25) is 0 Å². The number of benzene rings is 2. The van der Waals surface area contributed by atoms with E-state index in [1.807, 2.05) is 0 Å². The normalized spacial score (nSPS) is 10.7. The second-order valence-electron chi connectivity index (χ2n) is 4.51. The largest absolute Gasteiger partial charge is 0.293 e. The average Bonchev–Trinajstić information content (AvgIpc) is 2.35. The van der Waals surface area contributed by atoms with Gasteiger partial charge in [0.05, 0.1) is 17.5 Å². The van der Waals surface area contributed by atoms with Crippen molar-refractivity contribution in [3.05, 3.63) is 70.3 Å². The molecule has 0 saturated heterocycles. The average molecular weight is 332 g/mol. The van der Waals surface area contributed by atoms with Gasteiger partial charge in [-0.2, -0.15) is 0 Å². The molecule has 0 unspecified atom stereocenters. The van der Waals surface area contributed by atoms with E-state index in [1.165, 1.54) is 0 Å². The van der Waals surface area contributed by atoms with Crippen LogP contribution in [-0.4, -0.2) is 11.6 Å². The maximum atomic E-state index is 13.4. The van der Waals surface area contributed by atoms with Crippen LogP contribution in [0.1, 0.15) is 27.1 Å². The van der Waals surface area contributed by atoms with E-state index in [0.29, 0.717) is 0 Å². The second-order valence-corrected chi connectivity index (χ2v) is 4.51. The molecule has 0 heterocycles. The third-order valence-electron chi connectivity index (χ3n) is 2.89. The molecule has 0 aliphatic carbocycles. The Balaban J connectivity index is 2.33. The quantitative estimate of drug-likeness (QED) is 0.482. The Labute approximate surface area is 125 Å². The highest BCUT2D eigenvalue weighted by Gasteiger charge is 2.25. The van der Waals surface area contributed by atoms with E-state index < -0.39 is 64.0 Å². The summed E-state index contributed by atoms with van der Waals surface area (Å²) in [4.78, 5) is 23.5. The number of halogens is 6. The van der Waals surface area contributed by atoms with Gasteiger partial charge in [-0.25, -0.2) is 26.3 Å². The molecule has 120 valence electrons. The molecule has 0 aromatic heterocycles. The van der Waals surface area contributed by atoms with Crippen molar-refractivity contribution in [2.24, 2.45) is 0 Å². The molecule has 0 spiro atoms. The van der Waals surface area contributed by atoms with Crippen molar-refractivity contribution in [3.63, 3.8) is 0 Å². The second kappa shape index (κ2) is 6.23. The Kier molecular flexibility index (Phi) is 4.53. The zero-order valence-corrected chi connectivity index (χ0v) is 11.1. The van der Waals surface area contributed by atoms with Crippen molar-refractivity contribution in [2.45, 2.75) is 6.42 Å². The van der Waals surface area contributed by atoms with Crippen LogP contribution in [0.15, 0.2) is 24.3 Å². The molecule has 8 heteroatoms. The predicted molar refractivity (Wildman–Crippen MR) is 65.9 cm³/mol.